The Hall–Kier alpha value is -1.07. The molecule has 1 saturated heterocycles. The van der Waals surface area contributed by atoms with E-state index in [0.717, 1.165) is 6.42 Å². The second-order valence-corrected chi connectivity index (χ2v) is 6.48. The Balaban J connectivity index is 1.98. The lowest BCUT2D eigenvalue weighted by Crippen LogP contribution is -2.49. The molecular formula is C14H23NO4. The zero-order valence-corrected chi connectivity index (χ0v) is 12.2. The zero-order valence-electron chi connectivity index (χ0n) is 12.2. The Morgan fingerprint density at radius 3 is 2.68 bits per heavy atom. The summed E-state index contributed by atoms with van der Waals surface area (Å²) < 4.78 is 16.9. The minimum atomic E-state index is -0.613. The first-order valence-corrected chi connectivity index (χ1v) is 6.68. The molecule has 1 aliphatic carbocycles. The lowest BCUT2D eigenvalue weighted by molar-refractivity contribution is -0.145. The van der Waals surface area contributed by atoms with Crippen molar-refractivity contribution in [3.05, 3.63) is 12.2 Å². The van der Waals surface area contributed by atoms with Crippen molar-refractivity contribution >= 4 is 6.09 Å². The molecule has 0 aromatic carbocycles. The number of rotatable bonds is 1. The quantitative estimate of drug-likeness (QED) is 0.742. The van der Waals surface area contributed by atoms with E-state index >= 15 is 0 Å². The molecule has 1 heterocycles. The molecule has 0 bridgehead atoms. The first kappa shape index (κ1) is 14.3. The summed E-state index contributed by atoms with van der Waals surface area (Å²) in [5, 5.41) is 2.87. The van der Waals surface area contributed by atoms with Gasteiger partial charge in [-0.05, 0) is 41.0 Å². The Bertz CT molecular complexity index is 383. The van der Waals surface area contributed by atoms with Gasteiger partial charge in [0.05, 0.1) is 6.04 Å². The molecule has 1 aliphatic heterocycles. The average Bonchev–Trinajstić information content (AvgIpc) is 2.50. The second-order valence-electron chi connectivity index (χ2n) is 6.48. The summed E-state index contributed by atoms with van der Waals surface area (Å²) in [4.78, 5) is 11.8. The topological polar surface area (TPSA) is 56.8 Å². The maximum atomic E-state index is 11.8. The van der Waals surface area contributed by atoms with E-state index in [0.29, 0.717) is 0 Å². The first-order chi connectivity index (χ1) is 8.66. The van der Waals surface area contributed by atoms with Gasteiger partial charge in [0, 0.05) is 0 Å². The average molecular weight is 269 g/mol. The van der Waals surface area contributed by atoms with Crippen molar-refractivity contribution in [2.75, 3.05) is 0 Å². The van der Waals surface area contributed by atoms with Crippen LogP contribution in [-0.2, 0) is 14.2 Å². The van der Waals surface area contributed by atoms with Crippen molar-refractivity contribution in [3.8, 4) is 0 Å². The summed E-state index contributed by atoms with van der Waals surface area (Å²) in [6, 6.07) is -0.119. The van der Waals surface area contributed by atoms with Crippen LogP contribution >= 0.6 is 0 Å². The minimum absolute atomic E-state index is 0.108. The van der Waals surface area contributed by atoms with Gasteiger partial charge in [0.2, 0.25) is 0 Å². The van der Waals surface area contributed by atoms with Gasteiger partial charge in [-0.15, -0.1) is 0 Å². The van der Waals surface area contributed by atoms with Crippen LogP contribution in [0.5, 0.6) is 0 Å². The number of fused-ring (bicyclic) bond motifs is 1. The molecular weight excluding hydrogens is 246 g/mol. The van der Waals surface area contributed by atoms with Gasteiger partial charge in [0.25, 0.3) is 0 Å². The number of amides is 1. The number of ether oxygens (including phenoxy) is 3. The van der Waals surface area contributed by atoms with Crippen molar-refractivity contribution in [2.24, 2.45) is 0 Å². The smallest absolute Gasteiger partial charge is 0.407 e. The molecule has 0 unspecified atom stereocenters. The van der Waals surface area contributed by atoms with Gasteiger partial charge in [0.1, 0.15) is 17.8 Å². The van der Waals surface area contributed by atoms with Crippen LogP contribution in [0, 0.1) is 0 Å². The molecule has 0 spiro atoms. The summed E-state index contributed by atoms with van der Waals surface area (Å²) in [6.07, 6.45) is 4.04. The van der Waals surface area contributed by atoms with Crippen LogP contribution in [0.3, 0.4) is 0 Å². The highest BCUT2D eigenvalue weighted by molar-refractivity contribution is 5.68. The standard InChI is InChI=1S/C14H23NO4/c1-13(2,3)19-12(16)15-9-7-6-8-10-11(9)18-14(4,5)17-10/h6,8-11H,7H2,1-5H3,(H,15,16)/t9-,10-,11+/m0/s1. The molecule has 3 atom stereocenters. The third-order valence-corrected chi connectivity index (χ3v) is 2.98. The van der Waals surface area contributed by atoms with Crippen LogP contribution in [0.25, 0.3) is 0 Å². The second kappa shape index (κ2) is 4.80. The van der Waals surface area contributed by atoms with E-state index in [1.54, 1.807) is 0 Å². The lowest BCUT2D eigenvalue weighted by atomic mass is 9.96. The van der Waals surface area contributed by atoms with Gasteiger partial charge in [-0.2, -0.15) is 0 Å². The molecule has 5 heteroatoms. The van der Waals surface area contributed by atoms with E-state index in [1.165, 1.54) is 0 Å². The maximum Gasteiger partial charge on any atom is 0.407 e. The normalized spacial score (nSPS) is 32.8. The Kier molecular flexibility index (Phi) is 3.62. The molecule has 19 heavy (non-hydrogen) atoms. The van der Waals surface area contributed by atoms with Crippen LogP contribution < -0.4 is 5.32 Å². The van der Waals surface area contributed by atoms with Gasteiger partial charge in [0.15, 0.2) is 5.79 Å². The summed E-state index contributed by atoms with van der Waals surface area (Å²) in [5.41, 5.74) is -0.500. The highest BCUT2D eigenvalue weighted by atomic mass is 16.8. The maximum absolute atomic E-state index is 11.8. The molecule has 1 fully saturated rings. The van der Waals surface area contributed by atoms with Crippen molar-refractivity contribution in [2.45, 2.75) is 70.7 Å². The SMILES string of the molecule is CC(C)(C)OC(=O)N[C@H]1CC=C[C@@H]2OC(C)(C)O[C@H]12. The molecule has 2 rings (SSSR count). The van der Waals surface area contributed by atoms with Crippen molar-refractivity contribution in [1.29, 1.82) is 0 Å². The van der Waals surface area contributed by atoms with Gasteiger partial charge < -0.3 is 19.5 Å². The number of carbonyl (C=O) groups is 1. The summed E-state index contributed by atoms with van der Waals surface area (Å²) in [6.45, 7) is 9.28. The molecule has 1 N–H and O–H groups in total. The number of nitrogens with one attached hydrogen (secondary N) is 1. The summed E-state index contributed by atoms with van der Waals surface area (Å²) in [5.74, 6) is -0.613. The largest absolute Gasteiger partial charge is 0.444 e. The zero-order chi connectivity index (χ0) is 14.3. The van der Waals surface area contributed by atoms with Crippen LogP contribution in [0.1, 0.15) is 41.0 Å². The minimum Gasteiger partial charge on any atom is -0.444 e. The Morgan fingerprint density at radius 1 is 1.37 bits per heavy atom. The predicted molar refractivity (Wildman–Crippen MR) is 70.7 cm³/mol. The summed E-state index contributed by atoms with van der Waals surface area (Å²) in [7, 11) is 0. The fourth-order valence-electron chi connectivity index (χ4n) is 2.37. The number of hydrogen-bond acceptors (Lipinski definition) is 4. The van der Waals surface area contributed by atoms with Gasteiger partial charge in [-0.25, -0.2) is 4.79 Å². The van der Waals surface area contributed by atoms with Crippen molar-refractivity contribution < 1.29 is 19.0 Å². The Morgan fingerprint density at radius 2 is 2.05 bits per heavy atom. The highest BCUT2D eigenvalue weighted by Crippen LogP contribution is 2.33. The third-order valence-electron chi connectivity index (χ3n) is 2.98. The molecule has 108 valence electrons. The molecule has 2 aliphatic rings. The molecule has 0 saturated carbocycles. The van der Waals surface area contributed by atoms with Crippen LogP contribution in [0.2, 0.25) is 0 Å². The fraction of sp³-hybridized carbons (Fsp3) is 0.786. The van der Waals surface area contributed by atoms with E-state index in [2.05, 4.69) is 5.32 Å². The van der Waals surface area contributed by atoms with Gasteiger partial charge >= 0.3 is 6.09 Å². The van der Waals surface area contributed by atoms with Gasteiger partial charge in [-0.3, -0.25) is 0 Å². The van der Waals surface area contributed by atoms with Gasteiger partial charge in [-0.1, -0.05) is 12.2 Å². The first-order valence-electron chi connectivity index (χ1n) is 6.68. The molecule has 0 aromatic heterocycles. The number of carbonyl (C=O) groups excluding carboxylic acids is 1. The van der Waals surface area contributed by atoms with Crippen LogP contribution in [-0.4, -0.2) is 35.7 Å². The number of alkyl carbamates (subject to hydrolysis) is 1. The molecule has 0 aromatic rings. The number of hydrogen-bond donors (Lipinski definition) is 1. The molecule has 0 radical (unpaired) electrons. The summed E-state index contributed by atoms with van der Waals surface area (Å²) >= 11 is 0. The van der Waals surface area contributed by atoms with E-state index in [4.69, 9.17) is 14.2 Å². The van der Waals surface area contributed by atoms with E-state index in [1.807, 2.05) is 46.8 Å². The van der Waals surface area contributed by atoms with E-state index in [-0.39, 0.29) is 18.2 Å². The predicted octanol–water partition coefficient (Wildman–Crippen LogP) is 2.36. The van der Waals surface area contributed by atoms with Crippen molar-refractivity contribution in [1.82, 2.24) is 5.32 Å². The molecule has 5 nitrogen and oxygen atoms in total. The highest BCUT2D eigenvalue weighted by Gasteiger charge is 2.45. The third kappa shape index (κ3) is 3.70. The van der Waals surface area contributed by atoms with E-state index in [9.17, 15) is 4.79 Å². The lowest BCUT2D eigenvalue weighted by Gasteiger charge is -2.29. The Labute approximate surface area is 114 Å². The van der Waals surface area contributed by atoms with Crippen molar-refractivity contribution in [3.63, 3.8) is 0 Å². The van der Waals surface area contributed by atoms with E-state index < -0.39 is 17.5 Å². The van der Waals surface area contributed by atoms with Crippen LogP contribution in [0.15, 0.2) is 12.2 Å². The monoisotopic (exact) mass is 269 g/mol. The fourth-order valence-corrected chi connectivity index (χ4v) is 2.37. The van der Waals surface area contributed by atoms with Crippen LogP contribution in [0.4, 0.5) is 4.79 Å². The molecule has 1 amide bonds.